The number of carbonyl (C=O) groups is 1. The molecule has 0 radical (unpaired) electrons. The van der Waals surface area contributed by atoms with Gasteiger partial charge < -0.3 is 20.3 Å². The summed E-state index contributed by atoms with van der Waals surface area (Å²) in [5, 5.41) is 5.90. The zero-order valence-corrected chi connectivity index (χ0v) is 14.0. The Bertz CT molecular complexity index is 321. The first kappa shape index (κ1) is 17.5. The van der Waals surface area contributed by atoms with Crippen molar-refractivity contribution in [2.24, 2.45) is 5.92 Å². The van der Waals surface area contributed by atoms with Crippen molar-refractivity contribution in [2.45, 2.75) is 26.2 Å². The SMILES string of the molecule is CC1CCCN(CCNC(=O)NCCCN2CCOCC2)C1. The molecule has 2 amide bonds. The molecule has 6 heteroatoms. The minimum atomic E-state index is -0.0352. The lowest BCUT2D eigenvalue weighted by Crippen LogP contribution is -2.43. The van der Waals surface area contributed by atoms with Gasteiger partial charge in [0.25, 0.3) is 0 Å². The van der Waals surface area contributed by atoms with E-state index in [1.54, 1.807) is 0 Å². The van der Waals surface area contributed by atoms with E-state index in [2.05, 4.69) is 27.4 Å². The minimum Gasteiger partial charge on any atom is -0.379 e. The van der Waals surface area contributed by atoms with Gasteiger partial charge >= 0.3 is 6.03 Å². The van der Waals surface area contributed by atoms with Crippen molar-refractivity contribution in [3.63, 3.8) is 0 Å². The van der Waals surface area contributed by atoms with Crippen LogP contribution in [0.15, 0.2) is 0 Å². The Morgan fingerprint density at radius 3 is 2.64 bits per heavy atom. The highest BCUT2D eigenvalue weighted by Gasteiger charge is 2.15. The third kappa shape index (κ3) is 6.94. The lowest BCUT2D eigenvalue weighted by Gasteiger charge is -2.30. The summed E-state index contributed by atoms with van der Waals surface area (Å²) in [5.41, 5.74) is 0. The number of likely N-dealkylation sites (tertiary alicyclic amines) is 1. The molecule has 0 aliphatic carbocycles. The summed E-state index contributed by atoms with van der Waals surface area (Å²) in [7, 11) is 0. The molecule has 22 heavy (non-hydrogen) atoms. The van der Waals surface area contributed by atoms with Crippen molar-refractivity contribution in [1.29, 1.82) is 0 Å². The second kappa shape index (κ2) is 10.0. The monoisotopic (exact) mass is 312 g/mol. The van der Waals surface area contributed by atoms with Gasteiger partial charge in [-0.15, -0.1) is 0 Å². The van der Waals surface area contributed by atoms with Gasteiger partial charge in [-0.1, -0.05) is 6.92 Å². The molecule has 0 aromatic heterocycles. The van der Waals surface area contributed by atoms with E-state index < -0.39 is 0 Å². The molecule has 2 aliphatic rings. The van der Waals surface area contributed by atoms with E-state index in [1.807, 2.05) is 0 Å². The van der Waals surface area contributed by atoms with Crippen LogP contribution in [0.5, 0.6) is 0 Å². The number of rotatable bonds is 7. The molecule has 2 saturated heterocycles. The number of morpholine rings is 1. The highest BCUT2D eigenvalue weighted by Crippen LogP contribution is 2.14. The number of urea groups is 1. The fourth-order valence-corrected chi connectivity index (χ4v) is 3.21. The van der Waals surface area contributed by atoms with Gasteiger partial charge in [-0.05, 0) is 38.3 Å². The van der Waals surface area contributed by atoms with Crippen LogP contribution in [0.2, 0.25) is 0 Å². The number of nitrogens with one attached hydrogen (secondary N) is 2. The molecule has 2 rings (SSSR count). The predicted molar refractivity (Wildman–Crippen MR) is 88.1 cm³/mol. The first-order valence-electron chi connectivity index (χ1n) is 8.78. The fourth-order valence-electron chi connectivity index (χ4n) is 3.21. The minimum absolute atomic E-state index is 0.0352. The third-order valence-electron chi connectivity index (χ3n) is 4.50. The molecule has 2 heterocycles. The fraction of sp³-hybridized carbons (Fsp3) is 0.938. The Morgan fingerprint density at radius 1 is 1.09 bits per heavy atom. The molecule has 2 N–H and O–H groups in total. The average Bonchev–Trinajstić information content (AvgIpc) is 2.53. The summed E-state index contributed by atoms with van der Waals surface area (Å²) in [5.74, 6) is 0.794. The highest BCUT2D eigenvalue weighted by atomic mass is 16.5. The van der Waals surface area contributed by atoms with Gasteiger partial charge in [0, 0.05) is 39.3 Å². The Hall–Kier alpha value is -0.850. The van der Waals surface area contributed by atoms with Crippen LogP contribution < -0.4 is 10.6 Å². The number of hydrogen-bond donors (Lipinski definition) is 2. The van der Waals surface area contributed by atoms with E-state index in [1.165, 1.54) is 25.9 Å². The number of piperidine rings is 1. The quantitative estimate of drug-likeness (QED) is 0.681. The van der Waals surface area contributed by atoms with E-state index in [-0.39, 0.29) is 6.03 Å². The van der Waals surface area contributed by atoms with Crippen LogP contribution in [0.4, 0.5) is 4.79 Å². The van der Waals surface area contributed by atoms with E-state index in [9.17, 15) is 4.79 Å². The van der Waals surface area contributed by atoms with Crippen molar-refractivity contribution < 1.29 is 9.53 Å². The van der Waals surface area contributed by atoms with Gasteiger partial charge in [0.2, 0.25) is 0 Å². The average molecular weight is 312 g/mol. The molecule has 1 unspecified atom stereocenters. The molecule has 1 atom stereocenters. The number of ether oxygens (including phenoxy) is 1. The molecule has 2 aliphatic heterocycles. The second-order valence-corrected chi connectivity index (χ2v) is 6.54. The summed E-state index contributed by atoms with van der Waals surface area (Å²) < 4.78 is 5.32. The molecular formula is C16H32N4O2. The van der Waals surface area contributed by atoms with Gasteiger partial charge in [0.1, 0.15) is 0 Å². The van der Waals surface area contributed by atoms with Crippen molar-refractivity contribution in [3.8, 4) is 0 Å². The molecule has 6 nitrogen and oxygen atoms in total. The standard InChI is InChI=1S/C16H32N4O2/c1-15-4-2-7-20(14-15)9-6-18-16(21)17-5-3-8-19-10-12-22-13-11-19/h15H,2-14H2,1H3,(H2,17,18,21). The Labute approximate surface area is 134 Å². The van der Waals surface area contributed by atoms with Crippen LogP contribution >= 0.6 is 0 Å². The number of nitrogens with zero attached hydrogens (tertiary/aromatic N) is 2. The van der Waals surface area contributed by atoms with E-state index in [0.29, 0.717) is 0 Å². The maximum Gasteiger partial charge on any atom is 0.314 e. The van der Waals surface area contributed by atoms with Crippen LogP contribution in [0.3, 0.4) is 0 Å². The summed E-state index contributed by atoms with van der Waals surface area (Å²) in [6.07, 6.45) is 3.62. The molecule has 0 saturated carbocycles. The van der Waals surface area contributed by atoms with Crippen LogP contribution in [0, 0.1) is 5.92 Å². The largest absolute Gasteiger partial charge is 0.379 e. The van der Waals surface area contributed by atoms with Crippen molar-refractivity contribution in [2.75, 3.05) is 65.6 Å². The summed E-state index contributed by atoms with van der Waals surface area (Å²) in [6, 6.07) is -0.0352. The van der Waals surface area contributed by atoms with Crippen LogP contribution in [-0.2, 0) is 4.74 Å². The zero-order valence-electron chi connectivity index (χ0n) is 14.0. The molecule has 0 spiro atoms. The second-order valence-electron chi connectivity index (χ2n) is 6.54. The molecule has 0 bridgehead atoms. The first-order chi connectivity index (χ1) is 10.7. The number of carbonyl (C=O) groups excluding carboxylic acids is 1. The number of hydrogen-bond acceptors (Lipinski definition) is 4. The number of amides is 2. The van der Waals surface area contributed by atoms with E-state index in [4.69, 9.17) is 4.74 Å². The van der Waals surface area contributed by atoms with Crippen molar-refractivity contribution >= 4 is 6.03 Å². The predicted octanol–water partition coefficient (Wildman–Crippen LogP) is 0.740. The smallest absolute Gasteiger partial charge is 0.314 e. The van der Waals surface area contributed by atoms with Crippen molar-refractivity contribution in [3.05, 3.63) is 0 Å². The lowest BCUT2D eigenvalue weighted by atomic mass is 10.0. The van der Waals surface area contributed by atoms with Gasteiger partial charge in [0.15, 0.2) is 0 Å². The highest BCUT2D eigenvalue weighted by molar-refractivity contribution is 5.73. The molecular weight excluding hydrogens is 280 g/mol. The Balaban J connectivity index is 1.44. The topological polar surface area (TPSA) is 56.8 Å². The maximum absolute atomic E-state index is 11.7. The van der Waals surface area contributed by atoms with Gasteiger partial charge in [-0.25, -0.2) is 4.79 Å². The first-order valence-corrected chi connectivity index (χ1v) is 8.78. The van der Waals surface area contributed by atoms with Gasteiger partial charge in [-0.3, -0.25) is 4.90 Å². The van der Waals surface area contributed by atoms with E-state index in [0.717, 1.165) is 64.8 Å². The van der Waals surface area contributed by atoms with Crippen LogP contribution in [0.1, 0.15) is 26.2 Å². The Morgan fingerprint density at radius 2 is 1.86 bits per heavy atom. The van der Waals surface area contributed by atoms with Gasteiger partial charge in [0.05, 0.1) is 13.2 Å². The van der Waals surface area contributed by atoms with Crippen molar-refractivity contribution in [1.82, 2.24) is 20.4 Å². The zero-order chi connectivity index (χ0) is 15.6. The summed E-state index contributed by atoms with van der Waals surface area (Å²) in [6.45, 7) is 11.8. The molecule has 128 valence electrons. The van der Waals surface area contributed by atoms with E-state index >= 15 is 0 Å². The molecule has 0 aromatic carbocycles. The third-order valence-corrected chi connectivity index (χ3v) is 4.50. The summed E-state index contributed by atoms with van der Waals surface area (Å²) in [4.78, 5) is 16.6. The van der Waals surface area contributed by atoms with Crippen LogP contribution in [-0.4, -0.2) is 81.4 Å². The maximum atomic E-state index is 11.7. The normalized spacial score (nSPS) is 24.1. The molecule has 2 fully saturated rings. The lowest BCUT2D eigenvalue weighted by molar-refractivity contribution is 0.0375. The summed E-state index contributed by atoms with van der Waals surface area (Å²) >= 11 is 0. The van der Waals surface area contributed by atoms with Crippen LogP contribution in [0.25, 0.3) is 0 Å². The van der Waals surface area contributed by atoms with Gasteiger partial charge in [-0.2, -0.15) is 0 Å². The molecule has 0 aromatic rings. The Kier molecular flexibility index (Phi) is 7.98.